The van der Waals surface area contributed by atoms with Crippen molar-refractivity contribution in [1.29, 1.82) is 0 Å². The lowest BCUT2D eigenvalue weighted by Crippen LogP contribution is -2.21. The van der Waals surface area contributed by atoms with Gasteiger partial charge in [-0.1, -0.05) is 77.6 Å². The van der Waals surface area contributed by atoms with Gasteiger partial charge in [0.1, 0.15) is 0 Å². The first-order valence-electron chi connectivity index (χ1n) is 3.92. The Balaban J connectivity index is 2.25. The zero-order valence-corrected chi connectivity index (χ0v) is 13.3. The number of halogens is 4. The third kappa shape index (κ3) is 1.04. The van der Waals surface area contributed by atoms with E-state index >= 15 is 0 Å². The van der Waals surface area contributed by atoms with Gasteiger partial charge < -0.3 is 0 Å². The molecule has 4 heteroatoms. The maximum Gasteiger partial charge on any atom is 0.0871 e. The van der Waals surface area contributed by atoms with Crippen LogP contribution in [0.5, 0.6) is 0 Å². The first kappa shape index (κ1) is 10.4. The van der Waals surface area contributed by atoms with E-state index in [0.717, 1.165) is 0 Å². The van der Waals surface area contributed by atoms with Crippen LogP contribution in [0.25, 0.3) is 0 Å². The second-order valence-electron chi connectivity index (χ2n) is 4.43. The fourth-order valence-electron chi connectivity index (χ4n) is 2.00. The molecule has 0 nitrogen and oxygen atoms in total. The lowest BCUT2D eigenvalue weighted by atomic mass is 9.90. The van der Waals surface area contributed by atoms with Crippen LogP contribution >= 0.6 is 63.7 Å². The van der Waals surface area contributed by atoms with Crippen molar-refractivity contribution < 1.29 is 0 Å². The van der Waals surface area contributed by atoms with Crippen molar-refractivity contribution in [3.63, 3.8) is 0 Å². The summed E-state index contributed by atoms with van der Waals surface area (Å²) in [6.07, 6.45) is 2.41. The molecule has 0 aromatic carbocycles. The molecular formula is C8H10Br4. The Morgan fingerprint density at radius 2 is 0.917 bits per heavy atom. The Kier molecular flexibility index (Phi) is 2.05. The van der Waals surface area contributed by atoms with Gasteiger partial charge in [-0.05, 0) is 12.8 Å². The first-order chi connectivity index (χ1) is 5.16. The number of alkyl halides is 4. The topological polar surface area (TPSA) is 0 Å². The fourth-order valence-corrected chi connectivity index (χ4v) is 5.99. The van der Waals surface area contributed by atoms with E-state index in [0.29, 0.717) is 10.8 Å². The van der Waals surface area contributed by atoms with E-state index in [-0.39, 0.29) is 6.47 Å². The van der Waals surface area contributed by atoms with E-state index in [1.165, 1.54) is 12.8 Å². The molecule has 0 amide bonds. The summed E-state index contributed by atoms with van der Waals surface area (Å²) in [7, 11) is 0. The summed E-state index contributed by atoms with van der Waals surface area (Å²) < 4.78 is 0.343. The molecule has 70 valence electrons. The van der Waals surface area contributed by atoms with Crippen molar-refractivity contribution in [3.8, 4) is 0 Å². The van der Waals surface area contributed by atoms with Crippen molar-refractivity contribution in [2.24, 2.45) is 10.8 Å². The first-order valence-corrected chi connectivity index (χ1v) is 7.09. The zero-order valence-electron chi connectivity index (χ0n) is 6.93. The molecule has 0 aromatic heterocycles. The molecule has 0 aliphatic heterocycles. The third-order valence-corrected chi connectivity index (χ3v) is 8.36. The molecule has 0 unspecified atom stereocenters. The summed E-state index contributed by atoms with van der Waals surface area (Å²) in [5.41, 5.74) is 0.736. The fraction of sp³-hybridized carbons (Fsp3) is 1.00. The maximum atomic E-state index is 3.71. The van der Waals surface area contributed by atoms with Crippen LogP contribution in [0.15, 0.2) is 0 Å². The van der Waals surface area contributed by atoms with Crippen LogP contribution in [0.4, 0.5) is 0 Å². The van der Waals surface area contributed by atoms with Gasteiger partial charge in [-0.3, -0.25) is 0 Å². The van der Waals surface area contributed by atoms with Gasteiger partial charge in [0.15, 0.2) is 0 Å². The molecule has 12 heavy (non-hydrogen) atoms. The number of rotatable bonds is 1. The van der Waals surface area contributed by atoms with E-state index in [4.69, 9.17) is 0 Å². The minimum atomic E-state index is 0.172. The Hall–Kier alpha value is 1.92. The summed E-state index contributed by atoms with van der Waals surface area (Å²) in [6, 6.07) is 0. The Labute approximate surface area is 107 Å². The van der Waals surface area contributed by atoms with Crippen LogP contribution in [0.3, 0.4) is 0 Å². The Morgan fingerprint density at radius 3 is 1.00 bits per heavy atom. The zero-order chi connectivity index (χ0) is 9.41. The molecule has 2 aliphatic carbocycles. The second-order valence-corrected chi connectivity index (χ2v) is 12.0. The smallest absolute Gasteiger partial charge is 0.0721 e. The highest BCUT2D eigenvalue weighted by molar-refractivity contribution is 9.26. The summed E-state index contributed by atoms with van der Waals surface area (Å²) in [6.45, 7) is 4.67. The summed E-state index contributed by atoms with van der Waals surface area (Å²) >= 11 is 14.8. The van der Waals surface area contributed by atoms with E-state index in [1.807, 2.05) is 0 Å². The van der Waals surface area contributed by atoms with Gasteiger partial charge in [-0.15, -0.1) is 0 Å². The number of hydrogen-bond donors (Lipinski definition) is 0. The van der Waals surface area contributed by atoms with Crippen LogP contribution < -0.4 is 0 Å². The van der Waals surface area contributed by atoms with Gasteiger partial charge >= 0.3 is 0 Å². The predicted octanol–water partition coefficient (Wildman–Crippen LogP) is 4.78. The van der Waals surface area contributed by atoms with Crippen LogP contribution in [0, 0.1) is 10.8 Å². The average Bonchev–Trinajstić information content (AvgIpc) is 2.49. The molecule has 0 bridgehead atoms. The van der Waals surface area contributed by atoms with Gasteiger partial charge in [-0.2, -0.15) is 0 Å². The quantitative estimate of drug-likeness (QED) is 0.530. The molecule has 2 saturated carbocycles. The van der Waals surface area contributed by atoms with E-state index in [9.17, 15) is 0 Å². The largest absolute Gasteiger partial charge is 0.0871 e. The van der Waals surface area contributed by atoms with Crippen LogP contribution in [0.2, 0.25) is 0 Å². The van der Waals surface area contributed by atoms with Crippen molar-refractivity contribution >= 4 is 63.7 Å². The van der Waals surface area contributed by atoms with Crippen molar-refractivity contribution in [2.75, 3.05) is 0 Å². The minimum absolute atomic E-state index is 0.172. The monoisotopic (exact) mass is 422 g/mol. The average molecular weight is 426 g/mol. The lowest BCUT2D eigenvalue weighted by molar-refractivity contribution is 0.340. The van der Waals surface area contributed by atoms with Crippen molar-refractivity contribution in [2.45, 2.75) is 33.2 Å². The van der Waals surface area contributed by atoms with Gasteiger partial charge in [0.05, 0.1) is 6.47 Å². The molecule has 0 heterocycles. The van der Waals surface area contributed by atoms with E-state index < -0.39 is 0 Å². The van der Waals surface area contributed by atoms with E-state index in [2.05, 4.69) is 77.6 Å². The minimum Gasteiger partial charge on any atom is -0.0721 e. The Morgan fingerprint density at radius 1 is 0.750 bits per heavy atom. The highest BCUT2D eigenvalue weighted by Gasteiger charge is 2.81. The molecule has 0 N–H and O–H groups in total. The predicted molar refractivity (Wildman–Crippen MR) is 66.6 cm³/mol. The van der Waals surface area contributed by atoms with Crippen molar-refractivity contribution in [3.05, 3.63) is 0 Å². The number of hydrogen-bond acceptors (Lipinski definition) is 0. The summed E-state index contributed by atoms with van der Waals surface area (Å²) in [5, 5.41) is 0. The maximum absolute atomic E-state index is 3.71. The molecule has 0 aromatic rings. The molecular weight excluding hydrogens is 416 g/mol. The van der Waals surface area contributed by atoms with Crippen molar-refractivity contribution in [1.82, 2.24) is 0 Å². The third-order valence-electron chi connectivity index (χ3n) is 3.73. The highest BCUT2D eigenvalue weighted by Crippen LogP contribution is 2.86. The summed E-state index contributed by atoms with van der Waals surface area (Å²) in [4.78, 5) is 0. The molecule has 2 fully saturated rings. The van der Waals surface area contributed by atoms with Gasteiger partial charge in [0.25, 0.3) is 0 Å². The highest BCUT2D eigenvalue weighted by atomic mass is 79.9. The molecule has 0 saturated heterocycles. The molecule has 0 radical (unpaired) electrons. The van der Waals surface area contributed by atoms with Crippen LogP contribution in [-0.2, 0) is 0 Å². The van der Waals surface area contributed by atoms with Crippen LogP contribution in [0.1, 0.15) is 26.7 Å². The molecule has 2 rings (SSSR count). The lowest BCUT2D eigenvalue weighted by Gasteiger charge is -2.23. The summed E-state index contributed by atoms with van der Waals surface area (Å²) in [5.74, 6) is 0. The van der Waals surface area contributed by atoms with E-state index in [1.54, 1.807) is 0 Å². The van der Waals surface area contributed by atoms with Gasteiger partial charge in [0, 0.05) is 10.8 Å². The normalized spacial score (nSPS) is 53.5. The Bertz CT molecular complexity index is 221. The molecule has 2 atom stereocenters. The molecule has 2 aliphatic rings. The second kappa shape index (κ2) is 2.35. The molecule has 0 spiro atoms. The SMILES string of the molecule is C[C@]1([C@]2(C)CC2(Br)Br)CC1(Br)Br. The van der Waals surface area contributed by atoms with Gasteiger partial charge in [-0.25, -0.2) is 0 Å². The van der Waals surface area contributed by atoms with Crippen LogP contribution in [-0.4, -0.2) is 6.47 Å². The van der Waals surface area contributed by atoms with Gasteiger partial charge in [0.2, 0.25) is 0 Å². The standard InChI is InChI=1S/C8H10Br4/c1-5(3-7(5,9)10)6(2)4-8(6,11)12/h3-4H2,1-2H3/t5-,6+.